The number of carbonyl (C=O) groups is 1. The first-order chi connectivity index (χ1) is 12.5. The second kappa shape index (κ2) is 9.45. The SMILES string of the molecule is COc1cccc(CNC(=O)NCc2ccc(OC(F)F)c(OC)c2)c1. The largest absolute Gasteiger partial charge is 0.497 e. The molecular weight excluding hydrogens is 346 g/mol. The van der Waals surface area contributed by atoms with Crippen molar-refractivity contribution in [1.29, 1.82) is 0 Å². The summed E-state index contributed by atoms with van der Waals surface area (Å²) in [4.78, 5) is 11.9. The van der Waals surface area contributed by atoms with Crippen LogP contribution in [0.5, 0.6) is 17.2 Å². The molecule has 8 heteroatoms. The number of halogens is 2. The fourth-order valence-corrected chi connectivity index (χ4v) is 2.22. The van der Waals surface area contributed by atoms with Crippen LogP contribution in [0.4, 0.5) is 13.6 Å². The van der Waals surface area contributed by atoms with E-state index in [1.165, 1.54) is 19.2 Å². The number of rotatable bonds is 8. The molecule has 0 radical (unpaired) electrons. The zero-order valence-corrected chi connectivity index (χ0v) is 14.4. The van der Waals surface area contributed by atoms with Crippen molar-refractivity contribution in [2.45, 2.75) is 19.7 Å². The van der Waals surface area contributed by atoms with Crippen molar-refractivity contribution >= 4 is 6.03 Å². The van der Waals surface area contributed by atoms with E-state index >= 15 is 0 Å². The lowest BCUT2D eigenvalue weighted by atomic mass is 10.2. The molecule has 2 amide bonds. The number of benzene rings is 2. The summed E-state index contributed by atoms with van der Waals surface area (Å²) in [6, 6.07) is 11.5. The van der Waals surface area contributed by atoms with Crippen molar-refractivity contribution in [2.24, 2.45) is 0 Å². The lowest BCUT2D eigenvalue weighted by molar-refractivity contribution is -0.0512. The molecule has 26 heavy (non-hydrogen) atoms. The Morgan fingerprint density at radius 1 is 0.962 bits per heavy atom. The second-order valence-electron chi connectivity index (χ2n) is 5.25. The van der Waals surface area contributed by atoms with Crippen molar-refractivity contribution in [3.05, 3.63) is 53.6 Å². The van der Waals surface area contributed by atoms with Crippen LogP contribution in [0.15, 0.2) is 42.5 Å². The van der Waals surface area contributed by atoms with Gasteiger partial charge in [-0.1, -0.05) is 18.2 Å². The minimum absolute atomic E-state index is 0.0614. The van der Waals surface area contributed by atoms with Crippen molar-refractivity contribution in [1.82, 2.24) is 10.6 Å². The Labute approximate surface area is 150 Å². The molecule has 0 aliphatic carbocycles. The Bertz CT molecular complexity index is 741. The maximum absolute atomic E-state index is 12.3. The number of alkyl halides is 2. The van der Waals surface area contributed by atoms with Gasteiger partial charge in [0.1, 0.15) is 5.75 Å². The van der Waals surface area contributed by atoms with Crippen LogP contribution in [0, 0.1) is 0 Å². The third kappa shape index (κ3) is 5.80. The summed E-state index contributed by atoms with van der Waals surface area (Å²) < 4.78 is 39.1. The maximum Gasteiger partial charge on any atom is 0.387 e. The Morgan fingerprint density at radius 3 is 2.27 bits per heavy atom. The van der Waals surface area contributed by atoms with Crippen LogP contribution < -0.4 is 24.8 Å². The molecule has 0 saturated carbocycles. The van der Waals surface area contributed by atoms with Gasteiger partial charge in [0.2, 0.25) is 0 Å². The molecule has 0 unspecified atom stereocenters. The second-order valence-corrected chi connectivity index (χ2v) is 5.25. The molecule has 2 N–H and O–H groups in total. The van der Waals surface area contributed by atoms with E-state index in [2.05, 4.69) is 15.4 Å². The molecule has 0 aliphatic heterocycles. The van der Waals surface area contributed by atoms with Gasteiger partial charge in [0.15, 0.2) is 11.5 Å². The fourth-order valence-electron chi connectivity index (χ4n) is 2.22. The monoisotopic (exact) mass is 366 g/mol. The van der Waals surface area contributed by atoms with Crippen LogP contribution in [-0.4, -0.2) is 26.9 Å². The summed E-state index contributed by atoms with van der Waals surface area (Å²) in [6.45, 7) is -2.39. The number of nitrogens with one attached hydrogen (secondary N) is 2. The van der Waals surface area contributed by atoms with Gasteiger partial charge in [-0.25, -0.2) is 4.79 Å². The Hall–Kier alpha value is -3.03. The number of hydrogen-bond donors (Lipinski definition) is 2. The number of amides is 2. The molecule has 2 aromatic rings. The van der Waals surface area contributed by atoms with E-state index in [1.807, 2.05) is 24.3 Å². The predicted octanol–water partition coefficient (Wildman–Crippen LogP) is 3.30. The highest BCUT2D eigenvalue weighted by Crippen LogP contribution is 2.29. The van der Waals surface area contributed by atoms with E-state index in [-0.39, 0.29) is 24.1 Å². The van der Waals surface area contributed by atoms with E-state index in [1.54, 1.807) is 13.2 Å². The lowest BCUT2D eigenvalue weighted by Gasteiger charge is -2.12. The Morgan fingerprint density at radius 2 is 1.65 bits per heavy atom. The number of urea groups is 1. The lowest BCUT2D eigenvalue weighted by Crippen LogP contribution is -2.34. The van der Waals surface area contributed by atoms with Crippen molar-refractivity contribution in [2.75, 3.05) is 14.2 Å². The Kier molecular flexibility index (Phi) is 7.02. The summed E-state index contributed by atoms with van der Waals surface area (Å²) in [5, 5.41) is 5.41. The summed E-state index contributed by atoms with van der Waals surface area (Å²) >= 11 is 0. The van der Waals surface area contributed by atoms with E-state index in [9.17, 15) is 13.6 Å². The minimum atomic E-state index is -2.93. The minimum Gasteiger partial charge on any atom is -0.497 e. The van der Waals surface area contributed by atoms with E-state index < -0.39 is 6.61 Å². The number of methoxy groups -OCH3 is 2. The zero-order chi connectivity index (χ0) is 18.9. The first kappa shape index (κ1) is 19.3. The summed E-state index contributed by atoms with van der Waals surface area (Å²) in [5.41, 5.74) is 1.58. The van der Waals surface area contributed by atoms with E-state index in [4.69, 9.17) is 9.47 Å². The number of hydrogen-bond acceptors (Lipinski definition) is 4. The van der Waals surface area contributed by atoms with Gasteiger partial charge in [-0.2, -0.15) is 8.78 Å². The highest BCUT2D eigenvalue weighted by atomic mass is 19.3. The molecular formula is C18H20F2N2O4. The molecule has 0 saturated heterocycles. The van der Waals surface area contributed by atoms with Gasteiger partial charge >= 0.3 is 12.6 Å². The van der Waals surface area contributed by atoms with Gasteiger partial charge in [0.05, 0.1) is 14.2 Å². The first-order valence-electron chi connectivity index (χ1n) is 7.78. The van der Waals surface area contributed by atoms with Crippen molar-refractivity contribution in [3.63, 3.8) is 0 Å². The van der Waals surface area contributed by atoms with E-state index in [0.29, 0.717) is 17.9 Å². The number of ether oxygens (including phenoxy) is 3. The van der Waals surface area contributed by atoms with E-state index in [0.717, 1.165) is 5.56 Å². The van der Waals surface area contributed by atoms with Gasteiger partial charge in [-0.05, 0) is 35.4 Å². The molecule has 0 bridgehead atoms. The molecule has 2 aromatic carbocycles. The molecule has 0 aromatic heterocycles. The van der Waals surface area contributed by atoms with Gasteiger partial charge in [-0.3, -0.25) is 0 Å². The number of carbonyl (C=O) groups excluding carboxylic acids is 1. The van der Waals surface area contributed by atoms with Crippen LogP contribution in [0.2, 0.25) is 0 Å². The van der Waals surface area contributed by atoms with Crippen LogP contribution in [0.3, 0.4) is 0 Å². The average molecular weight is 366 g/mol. The van der Waals surface area contributed by atoms with Gasteiger partial charge < -0.3 is 24.8 Å². The molecule has 0 aliphatic rings. The quantitative estimate of drug-likeness (QED) is 0.752. The molecule has 140 valence electrons. The predicted molar refractivity (Wildman–Crippen MR) is 91.7 cm³/mol. The van der Waals surface area contributed by atoms with Crippen molar-refractivity contribution < 1.29 is 27.8 Å². The molecule has 0 spiro atoms. The van der Waals surface area contributed by atoms with Crippen LogP contribution in [0.25, 0.3) is 0 Å². The third-order valence-corrected chi connectivity index (χ3v) is 3.48. The topological polar surface area (TPSA) is 68.8 Å². The van der Waals surface area contributed by atoms with Crippen LogP contribution in [-0.2, 0) is 13.1 Å². The van der Waals surface area contributed by atoms with Crippen LogP contribution in [0.1, 0.15) is 11.1 Å². The van der Waals surface area contributed by atoms with Gasteiger partial charge in [-0.15, -0.1) is 0 Å². The highest BCUT2D eigenvalue weighted by Gasteiger charge is 2.11. The van der Waals surface area contributed by atoms with Gasteiger partial charge in [0, 0.05) is 13.1 Å². The molecule has 0 atom stereocenters. The Balaban J connectivity index is 1.86. The summed E-state index contributed by atoms with van der Waals surface area (Å²) in [6.07, 6.45) is 0. The normalized spacial score (nSPS) is 10.3. The fraction of sp³-hybridized carbons (Fsp3) is 0.278. The van der Waals surface area contributed by atoms with Crippen molar-refractivity contribution in [3.8, 4) is 17.2 Å². The first-order valence-corrected chi connectivity index (χ1v) is 7.78. The standard InChI is InChI=1S/C18H20F2N2O4/c1-24-14-5-3-4-12(8-14)10-21-18(23)22-11-13-6-7-15(26-17(19)20)16(9-13)25-2/h3-9,17H,10-11H2,1-2H3,(H2,21,22,23). The summed E-state index contributed by atoms with van der Waals surface area (Å²) in [5.74, 6) is 0.818. The molecule has 2 rings (SSSR count). The smallest absolute Gasteiger partial charge is 0.387 e. The average Bonchev–Trinajstić information content (AvgIpc) is 2.65. The molecule has 0 heterocycles. The van der Waals surface area contributed by atoms with Crippen LogP contribution >= 0.6 is 0 Å². The van der Waals surface area contributed by atoms with Gasteiger partial charge in [0.25, 0.3) is 0 Å². The molecule has 6 nitrogen and oxygen atoms in total. The zero-order valence-electron chi connectivity index (χ0n) is 14.4. The maximum atomic E-state index is 12.3. The molecule has 0 fully saturated rings. The highest BCUT2D eigenvalue weighted by molar-refractivity contribution is 5.73. The third-order valence-electron chi connectivity index (χ3n) is 3.48. The summed E-state index contributed by atoms with van der Waals surface area (Å²) in [7, 11) is 2.93.